The summed E-state index contributed by atoms with van der Waals surface area (Å²) in [4.78, 5) is 26.3. The molecule has 1 aliphatic rings. The largest absolute Gasteiger partial charge is 0.497 e. The van der Waals surface area contributed by atoms with E-state index in [9.17, 15) is 14.7 Å². The molecule has 0 unspecified atom stereocenters. The smallest absolute Gasteiger partial charge is 0.339 e. The molecule has 1 heterocycles. The minimum absolute atomic E-state index is 0.0472. The SMILES string of the molecule is COc1ccc(C(=O)O)c(OCC(=O)N(Cc2ccccc2)Cc2ccc3c(c2)OCO3)c1. The highest BCUT2D eigenvalue weighted by molar-refractivity contribution is 5.91. The van der Waals surface area contributed by atoms with Crippen LogP contribution >= 0.6 is 0 Å². The van der Waals surface area contributed by atoms with Crippen molar-refractivity contribution in [3.63, 3.8) is 0 Å². The van der Waals surface area contributed by atoms with Crippen LogP contribution in [0, 0.1) is 0 Å². The fourth-order valence-electron chi connectivity index (χ4n) is 3.45. The number of fused-ring (bicyclic) bond motifs is 1. The zero-order chi connectivity index (χ0) is 23.2. The minimum atomic E-state index is -1.15. The Kier molecular flexibility index (Phi) is 6.64. The molecule has 33 heavy (non-hydrogen) atoms. The predicted octanol–water partition coefficient (Wildman–Crippen LogP) is 3.73. The first-order chi connectivity index (χ1) is 16.0. The summed E-state index contributed by atoms with van der Waals surface area (Å²) in [7, 11) is 1.47. The highest BCUT2D eigenvalue weighted by Crippen LogP contribution is 2.33. The summed E-state index contributed by atoms with van der Waals surface area (Å²) in [5.41, 5.74) is 1.78. The fraction of sp³-hybridized carbons (Fsp3) is 0.200. The van der Waals surface area contributed by atoms with Crippen LogP contribution < -0.4 is 18.9 Å². The third-order valence-electron chi connectivity index (χ3n) is 5.15. The lowest BCUT2D eigenvalue weighted by atomic mass is 10.1. The summed E-state index contributed by atoms with van der Waals surface area (Å²) in [6.07, 6.45) is 0. The van der Waals surface area contributed by atoms with Gasteiger partial charge in [0.1, 0.15) is 17.1 Å². The highest BCUT2D eigenvalue weighted by atomic mass is 16.7. The molecular weight excluding hydrogens is 426 g/mol. The normalized spacial score (nSPS) is 11.7. The Labute approximate surface area is 190 Å². The predicted molar refractivity (Wildman–Crippen MR) is 119 cm³/mol. The Balaban J connectivity index is 1.52. The second kappa shape index (κ2) is 9.95. The van der Waals surface area contributed by atoms with Crippen LogP contribution in [-0.4, -0.2) is 42.4 Å². The average Bonchev–Trinajstić information content (AvgIpc) is 3.30. The maximum absolute atomic E-state index is 13.2. The molecule has 1 aliphatic heterocycles. The molecule has 0 radical (unpaired) electrons. The molecule has 4 rings (SSSR count). The highest BCUT2D eigenvalue weighted by Gasteiger charge is 2.20. The van der Waals surface area contributed by atoms with Gasteiger partial charge in [-0.2, -0.15) is 0 Å². The lowest BCUT2D eigenvalue weighted by molar-refractivity contribution is -0.134. The molecule has 0 saturated carbocycles. The third-order valence-corrected chi connectivity index (χ3v) is 5.15. The minimum Gasteiger partial charge on any atom is -0.497 e. The molecule has 8 nitrogen and oxygen atoms in total. The number of hydrogen-bond acceptors (Lipinski definition) is 6. The number of amides is 1. The van der Waals surface area contributed by atoms with Crippen LogP contribution in [-0.2, 0) is 17.9 Å². The lowest BCUT2D eigenvalue weighted by Gasteiger charge is -2.23. The van der Waals surface area contributed by atoms with E-state index < -0.39 is 5.97 Å². The van der Waals surface area contributed by atoms with Gasteiger partial charge in [-0.15, -0.1) is 0 Å². The number of carboxylic acids is 1. The van der Waals surface area contributed by atoms with E-state index >= 15 is 0 Å². The first kappa shape index (κ1) is 22.0. The molecule has 170 valence electrons. The Morgan fingerprint density at radius 1 is 0.939 bits per heavy atom. The molecule has 0 fully saturated rings. The van der Waals surface area contributed by atoms with E-state index in [1.165, 1.54) is 25.3 Å². The average molecular weight is 449 g/mol. The number of methoxy groups -OCH3 is 1. The van der Waals surface area contributed by atoms with Crippen LogP contribution in [0.2, 0.25) is 0 Å². The van der Waals surface area contributed by atoms with Gasteiger partial charge in [-0.25, -0.2) is 4.79 Å². The van der Waals surface area contributed by atoms with Gasteiger partial charge in [-0.05, 0) is 35.4 Å². The molecule has 3 aromatic carbocycles. The number of benzene rings is 3. The van der Waals surface area contributed by atoms with Gasteiger partial charge in [0.2, 0.25) is 6.79 Å². The van der Waals surface area contributed by atoms with Crippen molar-refractivity contribution >= 4 is 11.9 Å². The molecular formula is C25H23NO7. The van der Waals surface area contributed by atoms with E-state index in [0.717, 1.165) is 11.1 Å². The summed E-state index contributed by atoms with van der Waals surface area (Å²) < 4.78 is 21.6. The molecule has 0 aliphatic carbocycles. The summed E-state index contributed by atoms with van der Waals surface area (Å²) in [6.45, 7) is 0.523. The van der Waals surface area contributed by atoms with Gasteiger partial charge in [-0.1, -0.05) is 36.4 Å². The third kappa shape index (κ3) is 5.35. The number of hydrogen-bond donors (Lipinski definition) is 1. The Morgan fingerprint density at radius 3 is 2.45 bits per heavy atom. The van der Waals surface area contributed by atoms with E-state index in [-0.39, 0.29) is 30.6 Å². The van der Waals surface area contributed by atoms with Crippen LogP contribution in [0.3, 0.4) is 0 Å². The van der Waals surface area contributed by atoms with Crippen molar-refractivity contribution in [2.45, 2.75) is 13.1 Å². The quantitative estimate of drug-likeness (QED) is 0.532. The van der Waals surface area contributed by atoms with Gasteiger partial charge >= 0.3 is 5.97 Å². The maximum Gasteiger partial charge on any atom is 0.339 e. The molecule has 0 atom stereocenters. The molecule has 1 amide bonds. The number of rotatable bonds is 9. The molecule has 0 aromatic heterocycles. The van der Waals surface area contributed by atoms with Crippen molar-refractivity contribution in [3.05, 3.63) is 83.4 Å². The van der Waals surface area contributed by atoms with Crippen LogP contribution in [0.25, 0.3) is 0 Å². The van der Waals surface area contributed by atoms with Crippen molar-refractivity contribution in [2.24, 2.45) is 0 Å². The van der Waals surface area contributed by atoms with Crippen molar-refractivity contribution in [2.75, 3.05) is 20.5 Å². The van der Waals surface area contributed by atoms with E-state index in [2.05, 4.69) is 0 Å². The first-order valence-corrected chi connectivity index (χ1v) is 10.3. The maximum atomic E-state index is 13.2. The summed E-state index contributed by atoms with van der Waals surface area (Å²) >= 11 is 0. The van der Waals surface area contributed by atoms with Crippen molar-refractivity contribution < 1.29 is 33.6 Å². The molecule has 0 spiro atoms. The summed E-state index contributed by atoms with van der Waals surface area (Å²) in [6, 6.07) is 19.5. The van der Waals surface area contributed by atoms with E-state index in [4.69, 9.17) is 18.9 Å². The van der Waals surface area contributed by atoms with Crippen molar-refractivity contribution in [1.82, 2.24) is 4.90 Å². The van der Waals surface area contributed by atoms with Gasteiger partial charge in [0, 0.05) is 19.2 Å². The second-order valence-corrected chi connectivity index (χ2v) is 7.38. The Hall–Kier alpha value is -4.20. The van der Waals surface area contributed by atoms with Crippen LogP contribution in [0.1, 0.15) is 21.5 Å². The number of nitrogens with zero attached hydrogens (tertiary/aromatic N) is 1. The van der Waals surface area contributed by atoms with E-state index in [1.807, 2.05) is 48.5 Å². The summed E-state index contributed by atoms with van der Waals surface area (Å²) in [5.74, 6) is 0.361. The number of ether oxygens (including phenoxy) is 4. The molecule has 0 bridgehead atoms. The zero-order valence-electron chi connectivity index (χ0n) is 18.0. The summed E-state index contributed by atoms with van der Waals surface area (Å²) in [5, 5.41) is 9.43. The van der Waals surface area contributed by atoms with Crippen LogP contribution in [0.15, 0.2) is 66.7 Å². The van der Waals surface area contributed by atoms with E-state index in [1.54, 1.807) is 4.90 Å². The molecule has 0 saturated heterocycles. The van der Waals surface area contributed by atoms with Gasteiger partial charge in [-0.3, -0.25) is 4.79 Å². The fourth-order valence-corrected chi connectivity index (χ4v) is 3.45. The zero-order valence-corrected chi connectivity index (χ0v) is 18.0. The number of carbonyl (C=O) groups excluding carboxylic acids is 1. The standard InChI is InChI=1S/C25H23NO7/c1-30-19-8-9-20(25(28)29)22(12-19)31-15-24(27)26(13-17-5-3-2-4-6-17)14-18-7-10-21-23(11-18)33-16-32-21/h2-12H,13-16H2,1H3,(H,28,29). The molecule has 1 N–H and O–H groups in total. The van der Waals surface area contributed by atoms with Crippen LogP contribution in [0.4, 0.5) is 0 Å². The first-order valence-electron chi connectivity index (χ1n) is 10.3. The van der Waals surface area contributed by atoms with Gasteiger partial charge in [0.25, 0.3) is 5.91 Å². The van der Waals surface area contributed by atoms with E-state index in [0.29, 0.717) is 30.3 Å². The van der Waals surface area contributed by atoms with Gasteiger partial charge in [0.15, 0.2) is 18.1 Å². The molecule has 3 aromatic rings. The Morgan fingerprint density at radius 2 is 1.70 bits per heavy atom. The number of aromatic carboxylic acids is 1. The van der Waals surface area contributed by atoms with Gasteiger partial charge in [0.05, 0.1) is 7.11 Å². The van der Waals surface area contributed by atoms with Crippen molar-refractivity contribution in [1.29, 1.82) is 0 Å². The number of carboxylic acid groups (broad SMARTS) is 1. The monoisotopic (exact) mass is 449 g/mol. The van der Waals surface area contributed by atoms with Gasteiger partial charge < -0.3 is 29.0 Å². The lowest BCUT2D eigenvalue weighted by Crippen LogP contribution is -2.34. The van der Waals surface area contributed by atoms with Crippen molar-refractivity contribution in [3.8, 4) is 23.0 Å². The Bertz CT molecular complexity index is 1150. The molecule has 8 heteroatoms. The topological polar surface area (TPSA) is 94.5 Å². The number of carbonyl (C=O) groups is 2. The van der Waals surface area contributed by atoms with Crippen LogP contribution in [0.5, 0.6) is 23.0 Å². The second-order valence-electron chi connectivity index (χ2n) is 7.38.